The number of anilines is 1. The fourth-order valence-electron chi connectivity index (χ4n) is 2.43. The maximum absolute atomic E-state index is 12.2. The van der Waals surface area contributed by atoms with Crippen molar-refractivity contribution in [1.29, 1.82) is 0 Å². The van der Waals surface area contributed by atoms with Gasteiger partial charge in [0.25, 0.3) is 0 Å². The summed E-state index contributed by atoms with van der Waals surface area (Å²) >= 11 is 0. The van der Waals surface area contributed by atoms with E-state index in [-0.39, 0.29) is 5.97 Å². The predicted octanol–water partition coefficient (Wildman–Crippen LogP) is 4.33. The average molecular weight is 332 g/mol. The van der Waals surface area contributed by atoms with E-state index in [4.69, 9.17) is 4.74 Å². The lowest BCUT2D eigenvalue weighted by atomic mass is 10.1. The van der Waals surface area contributed by atoms with E-state index < -0.39 is 0 Å². The first-order chi connectivity index (χ1) is 12.2. The van der Waals surface area contributed by atoms with Crippen LogP contribution < -0.4 is 15.6 Å². The predicted molar refractivity (Wildman–Crippen MR) is 99.5 cm³/mol. The second-order valence-corrected chi connectivity index (χ2v) is 5.75. The van der Waals surface area contributed by atoms with Gasteiger partial charge in [-0.3, -0.25) is 0 Å². The highest BCUT2D eigenvalue weighted by Crippen LogP contribution is 2.16. The molecule has 3 aromatic carbocycles. The minimum absolute atomic E-state index is 0.351. The first kappa shape index (κ1) is 16.7. The zero-order chi connectivity index (χ0) is 17.5. The lowest BCUT2D eigenvalue weighted by Crippen LogP contribution is -2.20. The molecule has 126 valence electrons. The molecule has 0 saturated heterocycles. The number of benzene rings is 3. The second kappa shape index (κ2) is 8.13. The number of hydrogen-bond donors (Lipinski definition) is 2. The zero-order valence-electron chi connectivity index (χ0n) is 14.0. The van der Waals surface area contributed by atoms with Crippen LogP contribution in [0.3, 0.4) is 0 Å². The summed E-state index contributed by atoms with van der Waals surface area (Å²) in [6.07, 6.45) is 0. The van der Waals surface area contributed by atoms with E-state index in [2.05, 4.69) is 10.9 Å². The average Bonchev–Trinajstić information content (AvgIpc) is 2.63. The van der Waals surface area contributed by atoms with Gasteiger partial charge in [0.2, 0.25) is 0 Å². The van der Waals surface area contributed by atoms with Crippen molar-refractivity contribution in [2.24, 2.45) is 0 Å². The van der Waals surface area contributed by atoms with E-state index in [0.29, 0.717) is 17.9 Å². The topological polar surface area (TPSA) is 50.4 Å². The summed E-state index contributed by atoms with van der Waals surface area (Å²) in [5.74, 6) is 0.182. The molecule has 0 aliphatic heterocycles. The molecule has 0 heterocycles. The molecule has 0 atom stereocenters. The number of esters is 1. The van der Waals surface area contributed by atoms with Crippen LogP contribution >= 0.6 is 0 Å². The van der Waals surface area contributed by atoms with Crippen molar-refractivity contribution in [2.75, 3.05) is 5.43 Å². The molecule has 0 bridgehead atoms. The lowest BCUT2D eigenvalue weighted by Gasteiger charge is -2.10. The van der Waals surface area contributed by atoms with Crippen LogP contribution in [0.25, 0.3) is 0 Å². The highest BCUT2D eigenvalue weighted by molar-refractivity contribution is 5.91. The molecule has 3 rings (SSSR count). The molecular formula is C21H20N2O2. The third kappa shape index (κ3) is 4.93. The second-order valence-electron chi connectivity index (χ2n) is 5.75. The van der Waals surface area contributed by atoms with E-state index in [1.165, 1.54) is 0 Å². The van der Waals surface area contributed by atoms with E-state index in [9.17, 15) is 4.79 Å². The summed E-state index contributed by atoms with van der Waals surface area (Å²) in [5.41, 5.74) is 9.85. The van der Waals surface area contributed by atoms with Crippen molar-refractivity contribution in [1.82, 2.24) is 5.43 Å². The molecule has 4 nitrogen and oxygen atoms in total. The quantitative estimate of drug-likeness (QED) is 0.401. The molecule has 0 aliphatic rings. The van der Waals surface area contributed by atoms with Crippen LogP contribution in [0.5, 0.6) is 5.75 Å². The minimum Gasteiger partial charge on any atom is -0.423 e. The number of para-hydroxylation sites is 1. The number of carbonyl (C=O) groups excluding carboxylic acids is 1. The molecule has 0 fully saturated rings. The number of nitrogens with one attached hydrogen (secondary N) is 2. The van der Waals surface area contributed by atoms with Crippen LogP contribution in [0.15, 0.2) is 78.9 Å². The molecule has 2 N–H and O–H groups in total. The standard InChI is InChI=1S/C21H20N2O2/c1-16-7-5-9-18(13-16)21(24)25-20-12-6-8-17(14-20)15-22-23-19-10-3-2-4-11-19/h2-14,22-23H,15H2,1H3. The van der Waals surface area contributed by atoms with Gasteiger partial charge in [0, 0.05) is 12.2 Å². The van der Waals surface area contributed by atoms with E-state index >= 15 is 0 Å². The van der Waals surface area contributed by atoms with Gasteiger partial charge in [-0.25, -0.2) is 10.2 Å². The highest BCUT2D eigenvalue weighted by atomic mass is 16.5. The number of hydrazine groups is 1. The Hall–Kier alpha value is -3.11. The largest absolute Gasteiger partial charge is 0.423 e. The van der Waals surface area contributed by atoms with Crippen molar-refractivity contribution in [3.63, 3.8) is 0 Å². The third-order valence-electron chi connectivity index (χ3n) is 3.66. The van der Waals surface area contributed by atoms with Crippen molar-refractivity contribution >= 4 is 11.7 Å². The van der Waals surface area contributed by atoms with E-state index in [1.807, 2.05) is 73.7 Å². The summed E-state index contributed by atoms with van der Waals surface area (Å²) in [6, 6.07) is 24.7. The van der Waals surface area contributed by atoms with E-state index in [0.717, 1.165) is 16.8 Å². The zero-order valence-corrected chi connectivity index (χ0v) is 14.0. The maximum Gasteiger partial charge on any atom is 0.343 e. The Kier molecular flexibility index (Phi) is 5.44. The lowest BCUT2D eigenvalue weighted by molar-refractivity contribution is 0.0734. The van der Waals surface area contributed by atoms with Crippen LogP contribution in [0, 0.1) is 6.92 Å². The highest BCUT2D eigenvalue weighted by Gasteiger charge is 2.08. The van der Waals surface area contributed by atoms with E-state index in [1.54, 1.807) is 12.1 Å². The Morgan fingerprint density at radius 1 is 0.920 bits per heavy atom. The van der Waals surface area contributed by atoms with Crippen LogP contribution in [0.4, 0.5) is 5.69 Å². The van der Waals surface area contributed by atoms with Crippen molar-refractivity contribution in [2.45, 2.75) is 13.5 Å². The normalized spacial score (nSPS) is 10.3. The van der Waals surface area contributed by atoms with Crippen molar-refractivity contribution in [3.05, 3.63) is 95.6 Å². The van der Waals surface area contributed by atoms with Gasteiger partial charge in [-0.15, -0.1) is 0 Å². The van der Waals surface area contributed by atoms with Gasteiger partial charge in [-0.2, -0.15) is 0 Å². The summed E-state index contributed by atoms with van der Waals surface area (Å²) < 4.78 is 5.47. The SMILES string of the molecule is Cc1cccc(C(=O)Oc2cccc(CNNc3ccccc3)c2)c1. The molecule has 4 heteroatoms. The first-order valence-electron chi connectivity index (χ1n) is 8.12. The molecule has 0 radical (unpaired) electrons. The van der Waals surface area contributed by atoms with Gasteiger partial charge in [0.1, 0.15) is 5.75 Å². The van der Waals surface area contributed by atoms with Gasteiger partial charge in [-0.05, 0) is 48.9 Å². The number of ether oxygens (including phenoxy) is 1. The van der Waals surface area contributed by atoms with Gasteiger partial charge < -0.3 is 10.2 Å². The Morgan fingerprint density at radius 2 is 1.72 bits per heavy atom. The number of aryl methyl sites for hydroxylation is 1. The van der Waals surface area contributed by atoms with Crippen LogP contribution in [0.1, 0.15) is 21.5 Å². The Balaban J connectivity index is 1.58. The summed E-state index contributed by atoms with van der Waals surface area (Å²) in [4.78, 5) is 12.2. The van der Waals surface area contributed by atoms with Crippen molar-refractivity contribution < 1.29 is 9.53 Å². The summed E-state index contributed by atoms with van der Waals surface area (Å²) in [5, 5.41) is 0. The van der Waals surface area contributed by atoms with Gasteiger partial charge in [0.15, 0.2) is 0 Å². The van der Waals surface area contributed by atoms with Gasteiger partial charge >= 0.3 is 5.97 Å². The number of rotatable bonds is 6. The molecule has 25 heavy (non-hydrogen) atoms. The molecule has 0 saturated carbocycles. The molecule has 0 unspecified atom stereocenters. The Morgan fingerprint density at radius 3 is 2.52 bits per heavy atom. The number of carbonyl (C=O) groups is 1. The molecule has 0 spiro atoms. The maximum atomic E-state index is 12.2. The number of hydrogen-bond acceptors (Lipinski definition) is 4. The molecule has 0 amide bonds. The summed E-state index contributed by atoms with van der Waals surface area (Å²) in [6.45, 7) is 2.55. The first-order valence-corrected chi connectivity index (χ1v) is 8.12. The fraction of sp³-hybridized carbons (Fsp3) is 0.0952. The third-order valence-corrected chi connectivity index (χ3v) is 3.66. The molecule has 0 aromatic heterocycles. The Labute approximate surface area is 147 Å². The molecule has 0 aliphatic carbocycles. The smallest absolute Gasteiger partial charge is 0.343 e. The van der Waals surface area contributed by atoms with Gasteiger partial charge in [0.05, 0.1) is 5.56 Å². The fourth-order valence-corrected chi connectivity index (χ4v) is 2.43. The van der Waals surface area contributed by atoms with Crippen LogP contribution in [-0.2, 0) is 6.54 Å². The molecule has 3 aromatic rings. The van der Waals surface area contributed by atoms with Crippen molar-refractivity contribution in [3.8, 4) is 5.75 Å². The Bertz CT molecular complexity index is 847. The monoisotopic (exact) mass is 332 g/mol. The summed E-state index contributed by atoms with van der Waals surface area (Å²) in [7, 11) is 0. The minimum atomic E-state index is -0.351. The van der Waals surface area contributed by atoms with Gasteiger partial charge in [-0.1, -0.05) is 48.0 Å². The van der Waals surface area contributed by atoms with Crippen LogP contribution in [0.2, 0.25) is 0 Å². The molecular weight excluding hydrogens is 312 g/mol. The van der Waals surface area contributed by atoms with Crippen LogP contribution in [-0.4, -0.2) is 5.97 Å².